The molecule has 0 spiro atoms. The SMILES string of the molecule is NC(=O)CNCc1ccoc1C(=O)O. The molecule has 1 aromatic rings. The molecule has 0 aliphatic carbocycles. The molecule has 0 saturated carbocycles. The van der Waals surface area contributed by atoms with Crippen LogP contribution in [0.25, 0.3) is 0 Å². The zero-order valence-electron chi connectivity index (χ0n) is 7.32. The first-order chi connectivity index (χ1) is 6.61. The van der Waals surface area contributed by atoms with E-state index in [2.05, 4.69) is 5.32 Å². The maximum atomic E-state index is 10.6. The van der Waals surface area contributed by atoms with Gasteiger partial charge >= 0.3 is 5.97 Å². The van der Waals surface area contributed by atoms with Gasteiger partial charge in [0.15, 0.2) is 0 Å². The molecule has 1 rings (SSSR count). The van der Waals surface area contributed by atoms with Crippen molar-refractivity contribution in [2.45, 2.75) is 6.54 Å². The average molecular weight is 198 g/mol. The van der Waals surface area contributed by atoms with Crippen molar-refractivity contribution in [1.82, 2.24) is 5.32 Å². The van der Waals surface area contributed by atoms with Crippen LogP contribution >= 0.6 is 0 Å². The van der Waals surface area contributed by atoms with E-state index in [1.807, 2.05) is 0 Å². The van der Waals surface area contributed by atoms with Gasteiger partial charge in [0.1, 0.15) is 0 Å². The Morgan fingerprint density at radius 1 is 1.57 bits per heavy atom. The summed E-state index contributed by atoms with van der Waals surface area (Å²) in [7, 11) is 0. The first-order valence-electron chi connectivity index (χ1n) is 3.90. The third-order valence-corrected chi connectivity index (χ3v) is 1.56. The molecule has 0 radical (unpaired) electrons. The van der Waals surface area contributed by atoms with Gasteiger partial charge in [-0.05, 0) is 6.07 Å². The number of hydrogen-bond donors (Lipinski definition) is 3. The van der Waals surface area contributed by atoms with Gasteiger partial charge in [0, 0.05) is 12.1 Å². The fourth-order valence-electron chi connectivity index (χ4n) is 0.983. The number of hydrogen-bond acceptors (Lipinski definition) is 4. The summed E-state index contributed by atoms with van der Waals surface area (Å²) in [6.45, 7) is 0.241. The molecule has 4 N–H and O–H groups in total. The Kier molecular flexibility index (Phi) is 3.24. The Hall–Kier alpha value is -1.82. The van der Waals surface area contributed by atoms with E-state index in [0.29, 0.717) is 5.56 Å². The maximum absolute atomic E-state index is 10.6. The minimum absolute atomic E-state index is 0.00421. The molecule has 0 aliphatic rings. The minimum atomic E-state index is -1.13. The molecule has 0 atom stereocenters. The number of carboxylic acid groups (broad SMARTS) is 1. The standard InChI is InChI=1S/C8H10N2O4/c9-6(11)4-10-3-5-1-2-14-7(5)8(12)13/h1-2,10H,3-4H2,(H2,9,11)(H,12,13). The van der Waals surface area contributed by atoms with Gasteiger partial charge in [-0.2, -0.15) is 0 Å². The Labute approximate surface area is 79.7 Å². The van der Waals surface area contributed by atoms with Crippen LogP contribution in [-0.4, -0.2) is 23.5 Å². The molecule has 6 nitrogen and oxygen atoms in total. The monoisotopic (exact) mass is 198 g/mol. The number of carboxylic acids is 1. The van der Waals surface area contributed by atoms with Crippen molar-refractivity contribution in [1.29, 1.82) is 0 Å². The van der Waals surface area contributed by atoms with Gasteiger partial charge in [0.05, 0.1) is 12.8 Å². The summed E-state index contributed by atoms with van der Waals surface area (Å²) < 4.78 is 4.73. The van der Waals surface area contributed by atoms with Gasteiger partial charge in [-0.15, -0.1) is 0 Å². The molecule has 1 heterocycles. The molecule has 0 unspecified atom stereocenters. The van der Waals surface area contributed by atoms with Gasteiger partial charge < -0.3 is 20.6 Å². The van der Waals surface area contributed by atoms with E-state index in [1.165, 1.54) is 12.3 Å². The summed E-state index contributed by atoms with van der Waals surface area (Å²) in [5, 5.41) is 11.3. The Balaban J connectivity index is 2.54. The third kappa shape index (κ3) is 2.60. The normalized spacial score (nSPS) is 10.0. The highest BCUT2D eigenvalue weighted by Gasteiger charge is 2.13. The van der Waals surface area contributed by atoms with Gasteiger partial charge in [0.25, 0.3) is 0 Å². The van der Waals surface area contributed by atoms with E-state index in [9.17, 15) is 9.59 Å². The number of aromatic carboxylic acids is 1. The van der Waals surface area contributed by atoms with E-state index in [0.717, 1.165) is 0 Å². The molecule has 14 heavy (non-hydrogen) atoms. The van der Waals surface area contributed by atoms with Crippen molar-refractivity contribution < 1.29 is 19.1 Å². The van der Waals surface area contributed by atoms with Crippen molar-refractivity contribution in [2.24, 2.45) is 5.73 Å². The lowest BCUT2D eigenvalue weighted by atomic mass is 10.2. The van der Waals surface area contributed by atoms with Crippen molar-refractivity contribution in [3.8, 4) is 0 Å². The number of primary amides is 1. The number of nitrogens with two attached hydrogens (primary N) is 1. The van der Waals surface area contributed by atoms with Crippen molar-refractivity contribution in [3.05, 3.63) is 23.7 Å². The molecule has 76 valence electrons. The number of furan rings is 1. The average Bonchev–Trinajstić information content (AvgIpc) is 2.51. The largest absolute Gasteiger partial charge is 0.475 e. The van der Waals surface area contributed by atoms with Crippen LogP contribution in [0.3, 0.4) is 0 Å². The fourth-order valence-corrected chi connectivity index (χ4v) is 0.983. The third-order valence-electron chi connectivity index (χ3n) is 1.56. The van der Waals surface area contributed by atoms with Crippen molar-refractivity contribution in [3.63, 3.8) is 0 Å². The van der Waals surface area contributed by atoms with Gasteiger partial charge in [-0.3, -0.25) is 4.79 Å². The van der Waals surface area contributed by atoms with E-state index < -0.39 is 11.9 Å². The Bertz CT molecular complexity index is 345. The molecule has 6 heteroatoms. The zero-order chi connectivity index (χ0) is 10.6. The summed E-state index contributed by atoms with van der Waals surface area (Å²) in [4.78, 5) is 20.9. The number of rotatable bonds is 5. The van der Waals surface area contributed by atoms with Gasteiger partial charge in [-0.1, -0.05) is 0 Å². The van der Waals surface area contributed by atoms with Crippen molar-refractivity contribution in [2.75, 3.05) is 6.54 Å². The van der Waals surface area contributed by atoms with Crippen LogP contribution in [0.15, 0.2) is 16.7 Å². The van der Waals surface area contributed by atoms with E-state index in [1.54, 1.807) is 0 Å². The smallest absolute Gasteiger partial charge is 0.372 e. The van der Waals surface area contributed by atoms with Crippen LogP contribution in [0.1, 0.15) is 16.1 Å². The number of nitrogens with one attached hydrogen (secondary N) is 1. The molecule has 1 aromatic heterocycles. The maximum Gasteiger partial charge on any atom is 0.372 e. The van der Waals surface area contributed by atoms with Gasteiger partial charge in [-0.25, -0.2) is 4.79 Å². The summed E-state index contributed by atoms with van der Waals surface area (Å²) in [6, 6.07) is 1.53. The van der Waals surface area contributed by atoms with Crippen LogP contribution in [-0.2, 0) is 11.3 Å². The number of amides is 1. The summed E-state index contributed by atoms with van der Waals surface area (Å²) in [5.74, 6) is -1.75. The first-order valence-corrected chi connectivity index (χ1v) is 3.90. The van der Waals surface area contributed by atoms with Crippen LogP contribution in [0.4, 0.5) is 0 Å². The fraction of sp³-hybridized carbons (Fsp3) is 0.250. The van der Waals surface area contributed by atoms with Crippen LogP contribution in [0.2, 0.25) is 0 Å². The highest BCUT2D eigenvalue weighted by Crippen LogP contribution is 2.09. The van der Waals surface area contributed by atoms with E-state index in [4.69, 9.17) is 15.3 Å². The highest BCUT2D eigenvalue weighted by molar-refractivity contribution is 5.86. The molecule has 0 bridgehead atoms. The summed E-state index contributed by atoms with van der Waals surface area (Å²) >= 11 is 0. The highest BCUT2D eigenvalue weighted by atomic mass is 16.4. The molecule has 0 fully saturated rings. The second-order valence-corrected chi connectivity index (χ2v) is 2.65. The van der Waals surface area contributed by atoms with Crippen molar-refractivity contribution >= 4 is 11.9 Å². The molecule has 0 saturated heterocycles. The second kappa shape index (κ2) is 4.43. The quantitative estimate of drug-likeness (QED) is 0.594. The number of carbonyl (C=O) groups excluding carboxylic acids is 1. The first kappa shape index (κ1) is 10.3. The lowest BCUT2D eigenvalue weighted by Gasteiger charge is -1.99. The summed E-state index contributed by atoms with van der Waals surface area (Å²) in [6.07, 6.45) is 1.28. The van der Waals surface area contributed by atoms with Crippen LogP contribution < -0.4 is 11.1 Å². The Morgan fingerprint density at radius 3 is 2.86 bits per heavy atom. The van der Waals surface area contributed by atoms with E-state index >= 15 is 0 Å². The molecular weight excluding hydrogens is 188 g/mol. The Morgan fingerprint density at radius 2 is 2.29 bits per heavy atom. The van der Waals surface area contributed by atoms with Crippen LogP contribution in [0, 0.1) is 0 Å². The zero-order valence-corrected chi connectivity index (χ0v) is 7.32. The number of carbonyl (C=O) groups is 2. The molecule has 0 aromatic carbocycles. The minimum Gasteiger partial charge on any atom is -0.475 e. The molecular formula is C8H10N2O4. The summed E-state index contributed by atoms with van der Waals surface area (Å²) in [5.41, 5.74) is 5.37. The lowest BCUT2D eigenvalue weighted by molar-refractivity contribution is -0.117. The van der Waals surface area contributed by atoms with Gasteiger partial charge in [0.2, 0.25) is 11.7 Å². The lowest BCUT2D eigenvalue weighted by Crippen LogP contribution is -2.28. The predicted molar refractivity (Wildman–Crippen MR) is 46.6 cm³/mol. The van der Waals surface area contributed by atoms with E-state index in [-0.39, 0.29) is 18.8 Å². The second-order valence-electron chi connectivity index (χ2n) is 2.65. The molecule has 0 aliphatic heterocycles. The molecule has 1 amide bonds. The van der Waals surface area contributed by atoms with Crippen LogP contribution in [0.5, 0.6) is 0 Å². The predicted octanol–water partition coefficient (Wildman–Crippen LogP) is -0.447. The topological polar surface area (TPSA) is 106 Å².